The molecule has 0 bridgehead atoms. The SMILES string of the molecule is Cc1cccnc1NC(=O)CNC(=O)c1ccccc1Br. The highest BCUT2D eigenvalue weighted by Gasteiger charge is 2.11. The van der Waals surface area contributed by atoms with Crippen molar-refractivity contribution in [3.8, 4) is 0 Å². The van der Waals surface area contributed by atoms with Gasteiger partial charge in [0, 0.05) is 10.7 Å². The molecule has 0 atom stereocenters. The van der Waals surface area contributed by atoms with Crippen molar-refractivity contribution >= 4 is 33.6 Å². The molecule has 0 saturated carbocycles. The summed E-state index contributed by atoms with van der Waals surface area (Å²) >= 11 is 3.30. The lowest BCUT2D eigenvalue weighted by atomic mass is 10.2. The Bertz CT molecular complexity index is 673. The highest BCUT2D eigenvalue weighted by atomic mass is 79.9. The maximum Gasteiger partial charge on any atom is 0.252 e. The van der Waals surface area contributed by atoms with Crippen LogP contribution in [0.3, 0.4) is 0 Å². The molecule has 0 fully saturated rings. The molecule has 6 heteroatoms. The second kappa shape index (κ2) is 6.99. The van der Waals surface area contributed by atoms with Crippen molar-refractivity contribution in [2.45, 2.75) is 6.92 Å². The highest BCUT2D eigenvalue weighted by Crippen LogP contribution is 2.15. The molecule has 2 rings (SSSR count). The Morgan fingerprint density at radius 3 is 2.67 bits per heavy atom. The van der Waals surface area contributed by atoms with Crippen molar-refractivity contribution in [1.29, 1.82) is 0 Å². The van der Waals surface area contributed by atoms with E-state index in [2.05, 4.69) is 31.5 Å². The molecule has 21 heavy (non-hydrogen) atoms. The molecule has 0 aliphatic carbocycles. The van der Waals surface area contributed by atoms with Crippen LogP contribution in [-0.4, -0.2) is 23.3 Å². The monoisotopic (exact) mass is 347 g/mol. The Hall–Kier alpha value is -2.21. The number of carbonyl (C=O) groups is 2. The van der Waals surface area contributed by atoms with Crippen LogP contribution in [0, 0.1) is 6.92 Å². The van der Waals surface area contributed by atoms with Crippen molar-refractivity contribution < 1.29 is 9.59 Å². The second-order valence-corrected chi connectivity index (χ2v) is 5.23. The largest absolute Gasteiger partial charge is 0.343 e. The van der Waals surface area contributed by atoms with Crippen molar-refractivity contribution in [2.24, 2.45) is 0 Å². The molecule has 0 aliphatic heterocycles. The minimum atomic E-state index is -0.322. The van der Waals surface area contributed by atoms with Crippen LogP contribution in [0.25, 0.3) is 0 Å². The minimum absolute atomic E-state index is 0.115. The van der Waals surface area contributed by atoms with E-state index in [1.54, 1.807) is 30.5 Å². The number of benzene rings is 1. The topological polar surface area (TPSA) is 71.1 Å². The van der Waals surface area contributed by atoms with Gasteiger partial charge in [0.25, 0.3) is 5.91 Å². The van der Waals surface area contributed by atoms with E-state index < -0.39 is 0 Å². The molecule has 0 aliphatic rings. The number of pyridine rings is 1. The Labute approximate surface area is 130 Å². The van der Waals surface area contributed by atoms with Crippen molar-refractivity contribution in [2.75, 3.05) is 11.9 Å². The first-order valence-corrected chi connectivity index (χ1v) is 7.11. The van der Waals surface area contributed by atoms with E-state index in [9.17, 15) is 9.59 Å². The first kappa shape index (κ1) is 15.2. The van der Waals surface area contributed by atoms with Gasteiger partial charge in [-0.2, -0.15) is 0 Å². The number of carbonyl (C=O) groups excluding carboxylic acids is 2. The third-order valence-electron chi connectivity index (χ3n) is 2.80. The van der Waals surface area contributed by atoms with Crippen LogP contribution in [0.1, 0.15) is 15.9 Å². The van der Waals surface area contributed by atoms with E-state index >= 15 is 0 Å². The Kier molecular flexibility index (Phi) is 5.05. The molecular weight excluding hydrogens is 334 g/mol. The molecular formula is C15H14BrN3O2. The summed E-state index contributed by atoms with van der Waals surface area (Å²) in [6.45, 7) is 1.73. The van der Waals surface area contributed by atoms with Gasteiger partial charge in [-0.05, 0) is 46.6 Å². The summed E-state index contributed by atoms with van der Waals surface area (Å²) in [6.07, 6.45) is 1.60. The van der Waals surface area contributed by atoms with Gasteiger partial charge in [-0.15, -0.1) is 0 Å². The lowest BCUT2D eigenvalue weighted by Gasteiger charge is -2.08. The lowest BCUT2D eigenvalue weighted by Crippen LogP contribution is -2.33. The fraction of sp³-hybridized carbons (Fsp3) is 0.133. The summed E-state index contributed by atoms with van der Waals surface area (Å²) in [6, 6.07) is 10.7. The summed E-state index contributed by atoms with van der Waals surface area (Å²) in [5.74, 6) is -0.134. The normalized spacial score (nSPS) is 10.0. The van der Waals surface area contributed by atoms with Crippen LogP contribution in [-0.2, 0) is 4.79 Å². The number of rotatable bonds is 4. The van der Waals surface area contributed by atoms with E-state index in [0.717, 1.165) is 5.56 Å². The Morgan fingerprint density at radius 2 is 1.95 bits per heavy atom. The highest BCUT2D eigenvalue weighted by molar-refractivity contribution is 9.10. The van der Waals surface area contributed by atoms with Gasteiger partial charge in [-0.25, -0.2) is 4.98 Å². The number of aryl methyl sites for hydroxylation is 1. The van der Waals surface area contributed by atoms with Gasteiger partial charge >= 0.3 is 0 Å². The van der Waals surface area contributed by atoms with E-state index in [4.69, 9.17) is 0 Å². The first-order chi connectivity index (χ1) is 10.1. The summed E-state index contributed by atoms with van der Waals surface area (Å²) in [4.78, 5) is 27.8. The van der Waals surface area contributed by atoms with Crippen LogP contribution >= 0.6 is 15.9 Å². The molecule has 1 heterocycles. The molecule has 0 radical (unpaired) electrons. The van der Waals surface area contributed by atoms with E-state index in [1.807, 2.05) is 19.1 Å². The van der Waals surface area contributed by atoms with E-state index in [0.29, 0.717) is 15.9 Å². The van der Waals surface area contributed by atoms with Gasteiger partial charge in [-0.1, -0.05) is 18.2 Å². The molecule has 108 valence electrons. The zero-order chi connectivity index (χ0) is 15.2. The third-order valence-corrected chi connectivity index (χ3v) is 3.49. The predicted octanol–water partition coefficient (Wildman–Crippen LogP) is 2.52. The van der Waals surface area contributed by atoms with E-state index in [-0.39, 0.29) is 18.4 Å². The van der Waals surface area contributed by atoms with E-state index in [1.165, 1.54) is 0 Å². The van der Waals surface area contributed by atoms with Crippen LogP contribution in [0.4, 0.5) is 5.82 Å². The second-order valence-electron chi connectivity index (χ2n) is 4.38. The third kappa shape index (κ3) is 4.13. The molecule has 0 unspecified atom stereocenters. The molecule has 0 spiro atoms. The molecule has 5 nitrogen and oxygen atoms in total. The van der Waals surface area contributed by atoms with Crippen LogP contribution < -0.4 is 10.6 Å². The number of hydrogen-bond acceptors (Lipinski definition) is 3. The number of hydrogen-bond donors (Lipinski definition) is 2. The summed E-state index contributed by atoms with van der Waals surface area (Å²) in [7, 11) is 0. The molecule has 0 saturated heterocycles. The number of aromatic nitrogens is 1. The van der Waals surface area contributed by atoms with Gasteiger partial charge in [-0.3, -0.25) is 9.59 Å². The Balaban J connectivity index is 1.91. The molecule has 2 aromatic rings. The predicted molar refractivity (Wildman–Crippen MR) is 84.1 cm³/mol. The Morgan fingerprint density at radius 1 is 1.19 bits per heavy atom. The minimum Gasteiger partial charge on any atom is -0.343 e. The summed E-state index contributed by atoms with van der Waals surface area (Å²) in [5, 5.41) is 5.23. The molecule has 2 amide bonds. The van der Waals surface area contributed by atoms with Crippen molar-refractivity contribution in [3.05, 3.63) is 58.2 Å². The summed E-state index contributed by atoms with van der Waals surface area (Å²) in [5.41, 5.74) is 1.35. The molecule has 1 aromatic heterocycles. The van der Waals surface area contributed by atoms with Gasteiger partial charge in [0.15, 0.2) is 0 Å². The van der Waals surface area contributed by atoms with Crippen LogP contribution in [0.2, 0.25) is 0 Å². The number of halogens is 1. The molecule has 2 N–H and O–H groups in total. The smallest absolute Gasteiger partial charge is 0.252 e. The van der Waals surface area contributed by atoms with Gasteiger partial charge in [0.2, 0.25) is 5.91 Å². The average Bonchev–Trinajstić information content (AvgIpc) is 2.48. The first-order valence-electron chi connectivity index (χ1n) is 6.32. The lowest BCUT2D eigenvalue weighted by molar-refractivity contribution is -0.115. The van der Waals surface area contributed by atoms with Gasteiger partial charge in [0.05, 0.1) is 12.1 Å². The maximum absolute atomic E-state index is 12.0. The number of anilines is 1. The number of nitrogens with zero attached hydrogens (tertiary/aromatic N) is 1. The molecule has 1 aromatic carbocycles. The zero-order valence-electron chi connectivity index (χ0n) is 11.4. The average molecular weight is 348 g/mol. The summed E-state index contributed by atoms with van der Waals surface area (Å²) < 4.78 is 0.684. The zero-order valence-corrected chi connectivity index (χ0v) is 13.0. The maximum atomic E-state index is 12.0. The van der Waals surface area contributed by atoms with Crippen LogP contribution in [0.15, 0.2) is 47.1 Å². The van der Waals surface area contributed by atoms with Gasteiger partial charge < -0.3 is 10.6 Å². The van der Waals surface area contributed by atoms with Gasteiger partial charge in [0.1, 0.15) is 5.82 Å². The standard InChI is InChI=1S/C15H14BrN3O2/c1-10-5-4-8-17-14(10)19-13(20)9-18-15(21)11-6-2-3-7-12(11)16/h2-8H,9H2,1H3,(H,18,21)(H,17,19,20). The fourth-order valence-electron chi connectivity index (χ4n) is 1.69. The van der Waals surface area contributed by atoms with Crippen molar-refractivity contribution in [3.63, 3.8) is 0 Å². The number of amides is 2. The van der Waals surface area contributed by atoms with Crippen LogP contribution in [0.5, 0.6) is 0 Å². The fourth-order valence-corrected chi connectivity index (χ4v) is 2.16. The quantitative estimate of drug-likeness (QED) is 0.892. The number of nitrogens with one attached hydrogen (secondary N) is 2. The van der Waals surface area contributed by atoms with Crippen molar-refractivity contribution in [1.82, 2.24) is 10.3 Å².